The number of carbonyl (C=O) groups is 1. The van der Waals surface area contributed by atoms with Gasteiger partial charge in [-0.05, 0) is 69.4 Å². The van der Waals surface area contributed by atoms with E-state index in [9.17, 15) is 15.2 Å². The number of anilines is 1. The summed E-state index contributed by atoms with van der Waals surface area (Å²) in [5.41, 5.74) is 4.13. The van der Waals surface area contributed by atoms with Crippen molar-refractivity contribution in [2.75, 3.05) is 31.6 Å². The smallest absolute Gasteiger partial charge is 0.411 e. The maximum atomic E-state index is 12.0. The van der Waals surface area contributed by atoms with Crippen LogP contribution in [0.2, 0.25) is 0 Å². The zero-order valence-corrected chi connectivity index (χ0v) is 21.4. The molecule has 37 heavy (non-hydrogen) atoms. The number of carbonyl (C=O) groups excluding carboxylic acids is 1. The summed E-state index contributed by atoms with van der Waals surface area (Å²) in [7, 11) is 0. The summed E-state index contributed by atoms with van der Waals surface area (Å²) in [6, 6.07) is 16.3. The third kappa shape index (κ3) is 5.43. The fraction of sp³-hybridized carbons (Fsp3) is 0.448. The number of rotatable bonds is 8. The van der Waals surface area contributed by atoms with Crippen molar-refractivity contribution in [2.24, 2.45) is 0 Å². The molecule has 8 nitrogen and oxygen atoms in total. The average Bonchev–Trinajstić information content (AvgIpc) is 3.38. The number of ether oxygens (including phenoxy) is 2. The Labute approximate surface area is 217 Å². The van der Waals surface area contributed by atoms with Crippen LogP contribution >= 0.6 is 0 Å². The third-order valence-electron chi connectivity index (χ3n) is 7.20. The van der Waals surface area contributed by atoms with Crippen LogP contribution in [0.3, 0.4) is 0 Å². The normalized spacial score (nSPS) is 18.1. The Morgan fingerprint density at radius 2 is 1.97 bits per heavy atom. The SMILES string of the molecule is CC(C)OC(=O)Nc1ccc(-c2c(C#N)c3ccc(OCCN4CCC(O)C4)cc3n2C2CCC2)cc1. The Bertz CT molecular complexity index is 1300. The Kier molecular flexibility index (Phi) is 7.36. The van der Waals surface area contributed by atoms with Crippen LogP contribution in [-0.2, 0) is 4.74 Å². The summed E-state index contributed by atoms with van der Waals surface area (Å²) < 4.78 is 13.6. The van der Waals surface area contributed by atoms with Gasteiger partial charge in [0, 0.05) is 42.8 Å². The first-order chi connectivity index (χ1) is 17.9. The number of β-amino-alcohol motifs (C(OH)–C–C–N with tert-alkyl or cyclic N) is 1. The number of nitrogens with zero attached hydrogens (tertiary/aromatic N) is 3. The van der Waals surface area contributed by atoms with Gasteiger partial charge in [-0.1, -0.05) is 12.1 Å². The predicted molar refractivity (Wildman–Crippen MR) is 143 cm³/mol. The van der Waals surface area contributed by atoms with Gasteiger partial charge in [-0.15, -0.1) is 0 Å². The highest BCUT2D eigenvalue weighted by Crippen LogP contribution is 2.43. The van der Waals surface area contributed by atoms with Crippen LogP contribution in [0.5, 0.6) is 5.75 Å². The minimum atomic E-state index is -0.488. The summed E-state index contributed by atoms with van der Waals surface area (Å²) in [6.07, 6.45) is 3.22. The Morgan fingerprint density at radius 3 is 2.59 bits per heavy atom. The fourth-order valence-electron chi connectivity index (χ4n) is 5.18. The molecule has 1 atom stereocenters. The first-order valence-electron chi connectivity index (χ1n) is 13.1. The Hall–Kier alpha value is -3.54. The zero-order chi connectivity index (χ0) is 25.9. The number of hydrogen-bond donors (Lipinski definition) is 2. The molecule has 8 heteroatoms. The van der Waals surface area contributed by atoms with E-state index in [2.05, 4.69) is 26.9 Å². The number of fused-ring (bicyclic) bond motifs is 1. The van der Waals surface area contributed by atoms with Gasteiger partial charge in [0.2, 0.25) is 0 Å². The second-order valence-corrected chi connectivity index (χ2v) is 10.2. The Morgan fingerprint density at radius 1 is 1.19 bits per heavy atom. The largest absolute Gasteiger partial charge is 0.492 e. The first kappa shape index (κ1) is 25.1. The molecule has 0 bridgehead atoms. The summed E-state index contributed by atoms with van der Waals surface area (Å²) in [6.45, 7) is 6.54. The molecule has 1 aliphatic carbocycles. The molecule has 2 fully saturated rings. The third-order valence-corrected chi connectivity index (χ3v) is 7.20. The van der Waals surface area contributed by atoms with Gasteiger partial charge in [0.05, 0.1) is 29.0 Å². The van der Waals surface area contributed by atoms with Gasteiger partial charge in [-0.25, -0.2) is 4.79 Å². The molecule has 2 N–H and O–H groups in total. The fourth-order valence-corrected chi connectivity index (χ4v) is 5.18. The average molecular weight is 503 g/mol. The molecule has 2 aliphatic rings. The molecular weight excluding hydrogens is 468 g/mol. The molecule has 1 aromatic heterocycles. The standard InChI is InChI=1S/C29H34N4O4/c1-19(2)37-29(35)31-21-8-6-20(7-9-21)28-26(17-30)25-11-10-24(16-27(25)33(28)22-4-3-5-22)36-15-14-32-13-12-23(34)18-32/h6-11,16,19,22-23,34H,3-5,12-15,18H2,1-2H3,(H,31,35). The van der Waals surface area contributed by atoms with E-state index in [-0.39, 0.29) is 12.2 Å². The van der Waals surface area contributed by atoms with Gasteiger partial charge < -0.3 is 19.1 Å². The maximum absolute atomic E-state index is 12.0. The second kappa shape index (κ2) is 10.8. The quantitative estimate of drug-likeness (QED) is 0.433. The molecule has 1 saturated heterocycles. The van der Waals surface area contributed by atoms with Crippen LogP contribution in [-0.4, -0.2) is 59.1 Å². The van der Waals surface area contributed by atoms with E-state index in [4.69, 9.17) is 9.47 Å². The molecule has 1 unspecified atom stereocenters. The van der Waals surface area contributed by atoms with Crippen molar-refractivity contribution in [3.05, 3.63) is 48.0 Å². The van der Waals surface area contributed by atoms with Crippen LogP contribution in [0.1, 0.15) is 51.1 Å². The van der Waals surface area contributed by atoms with E-state index < -0.39 is 6.09 Å². The summed E-state index contributed by atoms with van der Waals surface area (Å²) >= 11 is 0. The molecular formula is C29H34N4O4. The van der Waals surface area contributed by atoms with Crippen molar-refractivity contribution in [1.29, 1.82) is 5.26 Å². The summed E-state index contributed by atoms with van der Waals surface area (Å²) in [4.78, 5) is 14.2. The molecule has 1 saturated carbocycles. The maximum Gasteiger partial charge on any atom is 0.411 e. The number of aliphatic hydroxyl groups excluding tert-OH is 1. The van der Waals surface area contributed by atoms with Gasteiger partial charge in [0.15, 0.2) is 0 Å². The highest BCUT2D eigenvalue weighted by Gasteiger charge is 2.28. The Balaban J connectivity index is 1.43. The van der Waals surface area contributed by atoms with Crippen LogP contribution < -0.4 is 10.1 Å². The minimum absolute atomic E-state index is 0.197. The number of nitriles is 1. The second-order valence-electron chi connectivity index (χ2n) is 10.2. The molecule has 2 aromatic carbocycles. The molecule has 2 heterocycles. The first-order valence-corrected chi connectivity index (χ1v) is 13.1. The number of aliphatic hydroxyl groups is 1. The summed E-state index contributed by atoms with van der Waals surface area (Å²) in [5.74, 6) is 0.782. The number of likely N-dealkylation sites (tertiary alicyclic amines) is 1. The molecule has 5 rings (SSSR count). The van der Waals surface area contributed by atoms with Crippen molar-refractivity contribution in [3.8, 4) is 23.1 Å². The minimum Gasteiger partial charge on any atom is -0.492 e. The summed E-state index contributed by atoms with van der Waals surface area (Å²) in [5, 5.41) is 23.6. The number of benzene rings is 2. The highest BCUT2D eigenvalue weighted by atomic mass is 16.6. The van der Waals surface area contributed by atoms with Crippen molar-refractivity contribution in [3.63, 3.8) is 0 Å². The van der Waals surface area contributed by atoms with Gasteiger partial charge in [-0.2, -0.15) is 5.26 Å². The van der Waals surface area contributed by atoms with Gasteiger partial charge in [-0.3, -0.25) is 10.2 Å². The van der Waals surface area contributed by atoms with Crippen LogP contribution in [0, 0.1) is 11.3 Å². The molecule has 1 aliphatic heterocycles. The van der Waals surface area contributed by atoms with E-state index >= 15 is 0 Å². The zero-order valence-electron chi connectivity index (χ0n) is 21.4. The van der Waals surface area contributed by atoms with Crippen molar-refractivity contribution >= 4 is 22.7 Å². The van der Waals surface area contributed by atoms with E-state index in [1.165, 1.54) is 6.42 Å². The lowest BCUT2D eigenvalue weighted by Gasteiger charge is -2.30. The molecule has 1 amide bonds. The number of amides is 1. The van der Waals surface area contributed by atoms with Gasteiger partial charge >= 0.3 is 6.09 Å². The van der Waals surface area contributed by atoms with Crippen molar-refractivity contribution in [2.45, 2.75) is 57.8 Å². The van der Waals surface area contributed by atoms with Crippen LogP contribution in [0.15, 0.2) is 42.5 Å². The lowest BCUT2D eigenvalue weighted by molar-refractivity contribution is 0.130. The van der Waals surface area contributed by atoms with E-state index in [0.29, 0.717) is 30.4 Å². The van der Waals surface area contributed by atoms with Gasteiger partial charge in [0.25, 0.3) is 0 Å². The molecule has 194 valence electrons. The topological polar surface area (TPSA) is 99.8 Å². The number of aromatic nitrogens is 1. The lowest BCUT2D eigenvalue weighted by Crippen LogP contribution is -2.27. The van der Waals surface area contributed by atoms with Crippen LogP contribution in [0.4, 0.5) is 10.5 Å². The van der Waals surface area contributed by atoms with Crippen LogP contribution in [0.25, 0.3) is 22.2 Å². The number of hydrogen-bond acceptors (Lipinski definition) is 6. The number of nitrogens with one attached hydrogen (secondary N) is 1. The monoisotopic (exact) mass is 502 g/mol. The van der Waals surface area contributed by atoms with E-state index in [1.807, 2.05) is 36.4 Å². The van der Waals surface area contributed by atoms with Gasteiger partial charge in [0.1, 0.15) is 18.4 Å². The van der Waals surface area contributed by atoms with Crippen molar-refractivity contribution < 1.29 is 19.4 Å². The lowest BCUT2D eigenvalue weighted by atomic mass is 9.92. The van der Waals surface area contributed by atoms with E-state index in [1.54, 1.807) is 13.8 Å². The highest BCUT2D eigenvalue weighted by molar-refractivity contribution is 5.96. The molecule has 0 radical (unpaired) electrons. The molecule has 3 aromatic rings. The van der Waals surface area contributed by atoms with Crippen molar-refractivity contribution in [1.82, 2.24) is 9.47 Å². The predicted octanol–water partition coefficient (Wildman–Crippen LogP) is 5.31. The van der Waals surface area contributed by atoms with E-state index in [0.717, 1.165) is 60.3 Å². The molecule has 0 spiro atoms.